The first-order valence-corrected chi connectivity index (χ1v) is 7.09. The third kappa shape index (κ3) is 2.61. The van der Waals surface area contributed by atoms with Crippen molar-refractivity contribution in [2.45, 2.75) is 6.92 Å². The number of aromatic nitrogens is 1. The van der Waals surface area contributed by atoms with Crippen molar-refractivity contribution in [1.82, 2.24) is 4.98 Å². The van der Waals surface area contributed by atoms with Crippen molar-refractivity contribution in [2.24, 2.45) is 0 Å². The molecule has 0 radical (unpaired) electrons. The fourth-order valence-corrected chi connectivity index (χ4v) is 4.07. The molecule has 17 heavy (non-hydrogen) atoms. The van der Waals surface area contributed by atoms with Crippen LogP contribution in [0.2, 0.25) is 0 Å². The van der Waals surface area contributed by atoms with E-state index in [2.05, 4.69) is 36.8 Å². The van der Waals surface area contributed by atoms with E-state index in [1.165, 1.54) is 17.7 Å². The van der Waals surface area contributed by atoms with E-state index in [9.17, 15) is 4.79 Å². The van der Waals surface area contributed by atoms with Crippen LogP contribution >= 0.6 is 43.2 Å². The number of hydrogen-bond acceptors (Lipinski definition) is 5. The fraction of sp³-hybridized carbons (Fsp3) is 0.200. The first-order chi connectivity index (χ1) is 8.13. The second-order valence-electron chi connectivity index (χ2n) is 2.99. The lowest BCUT2D eigenvalue weighted by Gasteiger charge is -1.99. The van der Waals surface area contributed by atoms with E-state index in [1.807, 2.05) is 6.07 Å². The smallest absolute Gasteiger partial charge is 0.360 e. The molecule has 0 saturated carbocycles. The van der Waals surface area contributed by atoms with E-state index in [1.54, 1.807) is 6.92 Å². The van der Waals surface area contributed by atoms with Gasteiger partial charge in [0.05, 0.1) is 14.2 Å². The Hall–Kier alpha value is -0.660. The number of carbonyl (C=O) groups is 1. The summed E-state index contributed by atoms with van der Waals surface area (Å²) in [5, 5.41) is 0. The molecule has 90 valence electrons. The summed E-state index contributed by atoms with van der Waals surface area (Å²) in [5.74, 6) is -0.0669. The highest BCUT2D eigenvalue weighted by atomic mass is 79.9. The SMILES string of the molecule is CCOC(=O)c1ncoc1-c1cc(Br)sc1Br. The number of oxazole rings is 1. The Morgan fingerprint density at radius 3 is 2.94 bits per heavy atom. The average Bonchev–Trinajstić information content (AvgIpc) is 2.84. The first kappa shape index (κ1) is 12.8. The van der Waals surface area contributed by atoms with Gasteiger partial charge in [-0.2, -0.15) is 0 Å². The van der Waals surface area contributed by atoms with Crippen molar-refractivity contribution in [3.8, 4) is 11.3 Å². The number of esters is 1. The molecule has 7 heteroatoms. The van der Waals surface area contributed by atoms with Crippen LogP contribution in [0.25, 0.3) is 11.3 Å². The van der Waals surface area contributed by atoms with E-state index in [0.29, 0.717) is 12.4 Å². The molecule has 0 aliphatic heterocycles. The molecule has 0 saturated heterocycles. The lowest BCUT2D eigenvalue weighted by Crippen LogP contribution is -2.06. The van der Waals surface area contributed by atoms with Crippen LogP contribution in [-0.2, 0) is 4.74 Å². The molecule has 2 aromatic heterocycles. The van der Waals surface area contributed by atoms with Crippen molar-refractivity contribution in [3.05, 3.63) is 25.7 Å². The number of halogens is 2. The minimum atomic E-state index is -0.481. The van der Waals surface area contributed by atoms with Gasteiger partial charge in [-0.25, -0.2) is 9.78 Å². The molecule has 2 heterocycles. The van der Waals surface area contributed by atoms with Crippen molar-refractivity contribution >= 4 is 49.2 Å². The van der Waals surface area contributed by atoms with Crippen molar-refractivity contribution in [1.29, 1.82) is 0 Å². The summed E-state index contributed by atoms with van der Waals surface area (Å²) in [6.45, 7) is 2.05. The Labute approximate surface area is 118 Å². The Kier molecular flexibility index (Phi) is 4.01. The molecule has 0 atom stereocenters. The molecular formula is C10H7Br2NO3S. The lowest BCUT2D eigenvalue weighted by atomic mass is 10.2. The molecule has 2 rings (SSSR count). The molecular weight excluding hydrogens is 374 g/mol. The van der Waals surface area contributed by atoms with Crippen molar-refractivity contribution < 1.29 is 13.9 Å². The fourth-order valence-electron chi connectivity index (χ4n) is 1.28. The maximum atomic E-state index is 11.6. The largest absolute Gasteiger partial charge is 0.461 e. The van der Waals surface area contributed by atoms with Crippen LogP contribution in [0.1, 0.15) is 17.4 Å². The predicted molar refractivity (Wildman–Crippen MR) is 71.2 cm³/mol. The molecule has 2 aromatic rings. The Bertz CT molecular complexity index is 549. The predicted octanol–water partition coefficient (Wildman–Crippen LogP) is 4.10. The van der Waals surface area contributed by atoms with Crippen LogP contribution in [0.4, 0.5) is 0 Å². The molecule has 4 nitrogen and oxygen atoms in total. The van der Waals surface area contributed by atoms with Gasteiger partial charge < -0.3 is 9.15 Å². The highest BCUT2D eigenvalue weighted by molar-refractivity contribution is 9.12. The zero-order chi connectivity index (χ0) is 12.4. The van der Waals surface area contributed by atoms with E-state index in [4.69, 9.17) is 9.15 Å². The van der Waals surface area contributed by atoms with Gasteiger partial charge in [0.2, 0.25) is 0 Å². The second-order valence-corrected chi connectivity index (χ2v) is 6.74. The summed E-state index contributed by atoms with van der Waals surface area (Å²) in [7, 11) is 0. The van der Waals surface area contributed by atoms with Gasteiger partial charge in [-0.1, -0.05) is 0 Å². The van der Waals surface area contributed by atoms with Crippen LogP contribution in [0.3, 0.4) is 0 Å². The average molecular weight is 381 g/mol. The van der Waals surface area contributed by atoms with E-state index < -0.39 is 5.97 Å². The quantitative estimate of drug-likeness (QED) is 0.752. The Balaban J connectivity index is 2.43. The second kappa shape index (κ2) is 5.32. The summed E-state index contributed by atoms with van der Waals surface area (Å²) < 4.78 is 12.0. The number of nitrogens with zero attached hydrogens (tertiary/aromatic N) is 1. The van der Waals surface area contributed by atoms with E-state index in [0.717, 1.165) is 13.1 Å². The highest BCUT2D eigenvalue weighted by Gasteiger charge is 2.22. The van der Waals surface area contributed by atoms with Gasteiger partial charge in [0.1, 0.15) is 0 Å². The van der Waals surface area contributed by atoms with Crippen LogP contribution in [-0.4, -0.2) is 17.6 Å². The van der Waals surface area contributed by atoms with Gasteiger partial charge in [0.15, 0.2) is 17.8 Å². The molecule has 0 aliphatic rings. The van der Waals surface area contributed by atoms with Gasteiger partial charge in [-0.15, -0.1) is 11.3 Å². The van der Waals surface area contributed by atoms with Crippen molar-refractivity contribution in [3.63, 3.8) is 0 Å². The normalized spacial score (nSPS) is 10.5. The van der Waals surface area contributed by atoms with E-state index in [-0.39, 0.29) is 5.69 Å². The van der Waals surface area contributed by atoms with Crippen LogP contribution in [0, 0.1) is 0 Å². The number of carbonyl (C=O) groups excluding carboxylic acids is 1. The lowest BCUT2D eigenvalue weighted by molar-refractivity contribution is 0.0520. The zero-order valence-electron chi connectivity index (χ0n) is 8.70. The summed E-state index contributed by atoms with van der Waals surface area (Å²) in [6.07, 6.45) is 1.24. The maximum absolute atomic E-state index is 11.6. The van der Waals surface area contributed by atoms with Gasteiger partial charge in [-0.05, 0) is 44.8 Å². The molecule has 0 unspecified atom stereocenters. The highest BCUT2D eigenvalue weighted by Crippen LogP contribution is 2.39. The van der Waals surface area contributed by atoms with Gasteiger partial charge in [-0.3, -0.25) is 0 Å². The summed E-state index contributed by atoms with van der Waals surface area (Å²) in [6, 6.07) is 1.86. The summed E-state index contributed by atoms with van der Waals surface area (Å²) in [5.41, 5.74) is 0.972. The number of thiophene rings is 1. The summed E-state index contributed by atoms with van der Waals surface area (Å²) >= 11 is 8.28. The third-order valence-electron chi connectivity index (χ3n) is 1.94. The third-order valence-corrected chi connectivity index (χ3v) is 4.28. The maximum Gasteiger partial charge on any atom is 0.360 e. The molecule has 0 aromatic carbocycles. The van der Waals surface area contributed by atoms with Gasteiger partial charge >= 0.3 is 5.97 Å². The van der Waals surface area contributed by atoms with Crippen molar-refractivity contribution in [2.75, 3.05) is 6.61 Å². The van der Waals surface area contributed by atoms with Crippen LogP contribution in [0.15, 0.2) is 24.4 Å². The monoisotopic (exact) mass is 379 g/mol. The number of ether oxygens (including phenoxy) is 1. The zero-order valence-corrected chi connectivity index (χ0v) is 12.7. The minimum absolute atomic E-state index is 0.192. The Morgan fingerprint density at radius 1 is 1.59 bits per heavy atom. The topological polar surface area (TPSA) is 52.3 Å². The number of rotatable bonds is 3. The number of hydrogen-bond donors (Lipinski definition) is 0. The molecule has 0 spiro atoms. The molecule has 0 amide bonds. The first-order valence-electron chi connectivity index (χ1n) is 4.69. The van der Waals surface area contributed by atoms with Crippen LogP contribution < -0.4 is 0 Å². The van der Waals surface area contributed by atoms with E-state index >= 15 is 0 Å². The molecule has 0 fully saturated rings. The minimum Gasteiger partial charge on any atom is -0.461 e. The van der Waals surface area contributed by atoms with Crippen LogP contribution in [0.5, 0.6) is 0 Å². The molecule has 0 bridgehead atoms. The Morgan fingerprint density at radius 2 is 2.35 bits per heavy atom. The molecule has 0 aliphatic carbocycles. The van der Waals surface area contributed by atoms with Gasteiger partial charge in [0, 0.05) is 5.56 Å². The summed E-state index contributed by atoms with van der Waals surface area (Å²) in [4.78, 5) is 15.5. The standard InChI is InChI=1S/C10H7Br2NO3S/c1-2-15-10(14)7-8(16-4-13-7)5-3-6(11)17-9(5)12/h3-4H,2H2,1H3. The molecule has 0 N–H and O–H groups in total. The van der Waals surface area contributed by atoms with Gasteiger partial charge in [0.25, 0.3) is 0 Å².